The number of nitrogens with one attached hydrogen (secondary N) is 4. The summed E-state index contributed by atoms with van der Waals surface area (Å²) in [7, 11) is 0. The minimum Gasteiger partial charge on any atom is -0.508 e. The van der Waals surface area contributed by atoms with E-state index < -0.39 is 60.2 Å². The second-order valence-electron chi connectivity index (χ2n) is 10.0. The summed E-state index contributed by atoms with van der Waals surface area (Å²) >= 11 is 4.03. The molecule has 0 saturated carbocycles. The highest BCUT2D eigenvalue weighted by Gasteiger charge is 2.31. The van der Waals surface area contributed by atoms with Crippen molar-refractivity contribution < 1.29 is 39.3 Å². The highest BCUT2D eigenvalue weighted by atomic mass is 32.1. The van der Waals surface area contributed by atoms with E-state index in [1.54, 1.807) is 6.20 Å². The van der Waals surface area contributed by atoms with E-state index in [-0.39, 0.29) is 37.2 Å². The number of aromatic hydroxyl groups is 1. The number of aliphatic carboxylic acids is 2. The van der Waals surface area contributed by atoms with Crippen molar-refractivity contribution in [2.45, 2.75) is 56.3 Å². The Morgan fingerprint density at radius 3 is 2.09 bits per heavy atom. The van der Waals surface area contributed by atoms with Crippen LogP contribution >= 0.6 is 12.6 Å². The zero-order chi connectivity index (χ0) is 31.5. The molecule has 3 amide bonds. The number of aromatic nitrogens is 1. The van der Waals surface area contributed by atoms with Crippen molar-refractivity contribution in [3.8, 4) is 5.75 Å². The Morgan fingerprint density at radius 1 is 0.814 bits per heavy atom. The van der Waals surface area contributed by atoms with Crippen LogP contribution in [0.1, 0.15) is 30.4 Å². The molecule has 3 aromatic rings. The lowest BCUT2D eigenvalue weighted by molar-refractivity contribution is -0.142. The summed E-state index contributed by atoms with van der Waals surface area (Å²) in [4.78, 5) is 65.6. The summed E-state index contributed by atoms with van der Waals surface area (Å²) in [5, 5.41) is 36.6. The maximum atomic E-state index is 13.4. The monoisotopic (exact) mass is 613 g/mol. The van der Waals surface area contributed by atoms with E-state index in [0.717, 1.165) is 16.5 Å². The van der Waals surface area contributed by atoms with Crippen molar-refractivity contribution in [2.24, 2.45) is 5.73 Å². The zero-order valence-corrected chi connectivity index (χ0v) is 24.1. The number of phenolic OH excluding ortho intramolecular Hbond substituents is 1. The molecule has 3 rings (SSSR count). The molecule has 0 aliphatic rings. The molecule has 0 saturated heterocycles. The summed E-state index contributed by atoms with van der Waals surface area (Å²) in [6, 6.07) is 8.27. The molecule has 0 bridgehead atoms. The SMILES string of the molecule is N[C@@H](Cc1c[nH]c2ccccc12)C(=O)N[C@@H](CCC(=O)O)C(=O)N[C@@H](Cc1ccc(O)cc1)C(=O)N[C@@H](CCS)C(=O)O. The number of fused-ring (bicyclic) bond motifs is 1. The molecule has 230 valence electrons. The van der Waals surface area contributed by atoms with Crippen molar-refractivity contribution in [2.75, 3.05) is 5.75 Å². The van der Waals surface area contributed by atoms with Crippen molar-refractivity contribution in [1.29, 1.82) is 0 Å². The molecule has 0 fully saturated rings. The van der Waals surface area contributed by atoms with Gasteiger partial charge in [-0.2, -0.15) is 12.6 Å². The number of benzene rings is 2. The summed E-state index contributed by atoms with van der Waals surface area (Å²) in [6.45, 7) is 0. The van der Waals surface area contributed by atoms with E-state index in [1.165, 1.54) is 24.3 Å². The van der Waals surface area contributed by atoms with E-state index in [2.05, 4.69) is 33.6 Å². The van der Waals surface area contributed by atoms with Crippen molar-refractivity contribution in [3.05, 3.63) is 65.9 Å². The number of carboxylic acid groups (broad SMARTS) is 2. The van der Waals surface area contributed by atoms with Crippen molar-refractivity contribution in [3.63, 3.8) is 0 Å². The van der Waals surface area contributed by atoms with Crippen LogP contribution in [0.3, 0.4) is 0 Å². The maximum absolute atomic E-state index is 13.4. The maximum Gasteiger partial charge on any atom is 0.326 e. The predicted octanol–water partition coefficient (Wildman–Crippen LogP) is 0.710. The number of amides is 3. The Bertz CT molecular complexity index is 1440. The first kappa shape index (κ1) is 32.9. The van der Waals surface area contributed by atoms with E-state index in [1.807, 2.05) is 24.3 Å². The Hall–Kier alpha value is -4.56. The molecule has 1 heterocycles. The fourth-order valence-electron chi connectivity index (χ4n) is 4.45. The highest BCUT2D eigenvalue weighted by Crippen LogP contribution is 2.19. The number of aromatic amines is 1. The molecule has 1 aromatic heterocycles. The molecule has 0 radical (unpaired) electrons. The molecule has 43 heavy (non-hydrogen) atoms. The van der Waals surface area contributed by atoms with Gasteiger partial charge in [-0.1, -0.05) is 30.3 Å². The van der Waals surface area contributed by atoms with Crippen LogP contribution in [0.4, 0.5) is 0 Å². The number of hydrogen-bond donors (Lipinski definition) is 9. The molecule has 4 atom stereocenters. The van der Waals surface area contributed by atoms with Gasteiger partial charge in [0.1, 0.15) is 23.9 Å². The van der Waals surface area contributed by atoms with Crippen LogP contribution in [0.15, 0.2) is 54.7 Å². The molecule has 9 N–H and O–H groups in total. The molecule has 0 aliphatic carbocycles. The second kappa shape index (κ2) is 15.6. The first-order valence-electron chi connectivity index (χ1n) is 13.5. The van der Waals surface area contributed by atoms with E-state index in [4.69, 9.17) is 5.73 Å². The molecule has 14 heteroatoms. The number of phenols is 1. The second-order valence-corrected chi connectivity index (χ2v) is 10.5. The third kappa shape index (κ3) is 9.75. The van der Waals surface area contributed by atoms with Gasteiger partial charge in [0.05, 0.1) is 6.04 Å². The van der Waals surface area contributed by atoms with Gasteiger partial charge in [-0.05, 0) is 54.3 Å². The lowest BCUT2D eigenvalue weighted by atomic mass is 10.0. The fourth-order valence-corrected chi connectivity index (χ4v) is 4.71. The molecule has 0 spiro atoms. The quantitative estimate of drug-likeness (QED) is 0.104. The van der Waals surface area contributed by atoms with Crippen LogP contribution in [-0.4, -0.2) is 79.9 Å². The van der Waals surface area contributed by atoms with Crippen molar-refractivity contribution in [1.82, 2.24) is 20.9 Å². The standard InChI is InChI=1S/C29H35N5O8S/c30-20(14-17-15-31-21-4-2-1-3-19(17)21)26(38)32-22(9-10-25(36)37)27(39)34-24(13-16-5-7-18(35)8-6-16)28(40)33-23(11-12-43)29(41)42/h1-8,15,20,22-24,31,35,43H,9-14,30H2,(H,32,38)(H,33,40)(H,34,39)(H,36,37)(H,41,42)/t20-,22-,23-,24-/m0/s1. The first-order chi connectivity index (χ1) is 20.5. The lowest BCUT2D eigenvalue weighted by Crippen LogP contribution is -2.57. The van der Waals surface area contributed by atoms with E-state index >= 15 is 0 Å². The Morgan fingerprint density at radius 2 is 1.44 bits per heavy atom. The number of thiol groups is 1. The largest absolute Gasteiger partial charge is 0.508 e. The van der Waals surface area contributed by atoms with Crippen LogP contribution in [0, 0.1) is 0 Å². The van der Waals surface area contributed by atoms with Crippen LogP contribution in [0.2, 0.25) is 0 Å². The minimum absolute atomic E-state index is 0.0195. The summed E-state index contributed by atoms with van der Waals surface area (Å²) in [5.74, 6) is -4.70. The Kier molecular flexibility index (Phi) is 12.0. The molecule has 13 nitrogen and oxygen atoms in total. The van der Waals surface area contributed by atoms with Gasteiger partial charge >= 0.3 is 11.9 Å². The average Bonchev–Trinajstić information content (AvgIpc) is 3.37. The molecule has 2 aromatic carbocycles. The zero-order valence-electron chi connectivity index (χ0n) is 23.2. The van der Waals surface area contributed by atoms with Gasteiger partial charge in [0.15, 0.2) is 0 Å². The van der Waals surface area contributed by atoms with E-state index in [9.17, 15) is 39.3 Å². The Balaban J connectivity index is 1.78. The number of nitrogens with two attached hydrogens (primary N) is 1. The van der Waals surface area contributed by atoms with Gasteiger partial charge in [-0.3, -0.25) is 19.2 Å². The average molecular weight is 614 g/mol. The number of para-hydroxylation sites is 1. The number of carboxylic acids is 2. The summed E-state index contributed by atoms with van der Waals surface area (Å²) < 4.78 is 0. The number of carbonyl (C=O) groups excluding carboxylic acids is 3. The fraction of sp³-hybridized carbons (Fsp3) is 0.345. The van der Waals surface area contributed by atoms with Gasteiger partial charge in [-0.15, -0.1) is 0 Å². The molecular formula is C29H35N5O8S. The van der Waals surface area contributed by atoms with Gasteiger partial charge in [-0.25, -0.2) is 4.79 Å². The van der Waals surface area contributed by atoms with Gasteiger partial charge in [0, 0.05) is 29.9 Å². The summed E-state index contributed by atoms with van der Waals surface area (Å²) in [6.07, 6.45) is 1.04. The number of hydrogen-bond acceptors (Lipinski definition) is 8. The van der Waals surface area contributed by atoms with Crippen LogP contribution < -0.4 is 21.7 Å². The summed E-state index contributed by atoms with van der Waals surface area (Å²) in [5.41, 5.74) is 8.34. The number of H-pyrrole nitrogens is 1. The minimum atomic E-state index is -1.36. The topological polar surface area (TPSA) is 224 Å². The lowest BCUT2D eigenvalue weighted by Gasteiger charge is -2.25. The van der Waals surface area contributed by atoms with Crippen LogP contribution in [0.25, 0.3) is 10.9 Å². The predicted molar refractivity (Wildman–Crippen MR) is 161 cm³/mol. The van der Waals surface area contributed by atoms with Crippen molar-refractivity contribution >= 4 is 53.2 Å². The van der Waals surface area contributed by atoms with Gasteiger partial charge in [0.2, 0.25) is 17.7 Å². The van der Waals surface area contributed by atoms with Gasteiger partial charge < -0.3 is 42.0 Å². The normalized spacial score (nSPS) is 13.8. The first-order valence-corrected chi connectivity index (χ1v) is 14.2. The third-order valence-corrected chi connectivity index (χ3v) is 7.03. The van der Waals surface area contributed by atoms with Gasteiger partial charge in [0.25, 0.3) is 0 Å². The van der Waals surface area contributed by atoms with Crippen LogP contribution in [-0.2, 0) is 36.8 Å². The number of carbonyl (C=O) groups is 5. The van der Waals surface area contributed by atoms with E-state index in [0.29, 0.717) is 5.56 Å². The third-order valence-electron chi connectivity index (χ3n) is 6.77. The Labute approximate surface area is 252 Å². The number of rotatable bonds is 16. The highest BCUT2D eigenvalue weighted by molar-refractivity contribution is 7.80. The smallest absolute Gasteiger partial charge is 0.326 e. The van der Waals surface area contributed by atoms with Crippen LogP contribution in [0.5, 0.6) is 5.75 Å². The molecule has 0 aliphatic heterocycles. The molecular weight excluding hydrogens is 578 g/mol. The molecule has 0 unspecified atom stereocenters.